The standard InChI is InChI=1S/C13H21NO3/c1-13(2,3)17-12(16)14-6-9-4-5-10(7-14)11(9)8-15/h8-11H,4-7H2,1-3H3/t9-,10+,11?. The van der Waals surface area contributed by atoms with Gasteiger partial charge in [-0.25, -0.2) is 4.79 Å². The molecule has 1 aliphatic heterocycles. The average Bonchev–Trinajstić information content (AvgIpc) is 2.44. The Balaban J connectivity index is 1.98. The van der Waals surface area contributed by atoms with E-state index in [1.54, 1.807) is 4.90 Å². The van der Waals surface area contributed by atoms with Crippen LogP contribution in [-0.4, -0.2) is 36.0 Å². The molecule has 1 amide bonds. The van der Waals surface area contributed by atoms with E-state index in [1.807, 2.05) is 20.8 Å². The van der Waals surface area contributed by atoms with E-state index in [-0.39, 0.29) is 12.0 Å². The van der Waals surface area contributed by atoms with Gasteiger partial charge in [0.2, 0.25) is 0 Å². The molecule has 0 aromatic carbocycles. The second-order valence-electron chi connectivity index (χ2n) is 6.20. The van der Waals surface area contributed by atoms with E-state index in [0.717, 1.165) is 19.1 Å². The Kier molecular flexibility index (Phi) is 3.15. The highest BCUT2D eigenvalue weighted by Crippen LogP contribution is 2.40. The first-order chi connectivity index (χ1) is 7.90. The van der Waals surface area contributed by atoms with Crippen LogP contribution in [0.4, 0.5) is 4.79 Å². The average molecular weight is 239 g/mol. The van der Waals surface area contributed by atoms with E-state index >= 15 is 0 Å². The first-order valence-electron chi connectivity index (χ1n) is 6.34. The lowest BCUT2D eigenvalue weighted by Gasteiger charge is -2.36. The molecule has 1 unspecified atom stereocenters. The van der Waals surface area contributed by atoms with Crippen LogP contribution in [0.1, 0.15) is 33.6 Å². The van der Waals surface area contributed by atoms with Crippen molar-refractivity contribution in [2.24, 2.45) is 17.8 Å². The third-order valence-electron chi connectivity index (χ3n) is 3.72. The predicted molar refractivity (Wildman–Crippen MR) is 63.6 cm³/mol. The molecule has 1 aliphatic carbocycles. The summed E-state index contributed by atoms with van der Waals surface area (Å²) in [5, 5.41) is 0. The van der Waals surface area contributed by atoms with Gasteiger partial charge in [0.25, 0.3) is 0 Å². The number of piperidine rings is 1. The smallest absolute Gasteiger partial charge is 0.410 e. The summed E-state index contributed by atoms with van der Waals surface area (Å²) in [6.07, 6.45) is 2.97. The maximum Gasteiger partial charge on any atom is 0.410 e. The molecule has 2 aliphatic rings. The third kappa shape index (κ3) is 2.61. The molecule has 0 N–H and O–H groups in total. The molecule has 1 saturated heterocycles. The molecular weight excluding hydrogens is 218 g/mol. The minimum Gasteiger partial charge on any atom is -0.444 e. The Morgan fingerprint density at radius 2 is 1.76 bits per heavy atom. The van der Waals surface area contributed by atoms with Crippen LogP contribution in [0.2, 0.25) is 0 Å². The molecule has 2 bridgehead atoms. The van der Waals surface area contributed by atoms with Crippen LogP contribution in [-0.2, 0) is 9.53 Å². The van der Waals surface area contributed by atoms with Gasteiger partial charge in [-0.2, -0.15) is 0 Å². The zero-order chi connectivity index (χ0) is 12.6. The molecule has 2 fully saturated rings. The van der Waals surface area contributed by atoms with Gasteiger partial charge in [0.05, 0.1) is 0 Å². The fraction of sp³-hybridized carbons (Fsp3) is 0.846. The number of carbonyl (C=O) groups is 2. The van der Waals surface area contributed by atoms with Crippen molar-refractivity contribution in [1.82, 2.24) is 4.90 Å². The lowest BCUT2D eigenvalue weighted by atomic mass is 9.86. The number of rotatable bonds is 1. The van der Waals surface area contributed by atoms with Crippen molar-refractivity contribution in [2.45, 2.75) is 39.2 Å². The Morgan fingerprint density at radius 3 is 2.18 bits per heavy atom. The normalized spacial score (nSPS) is 32.4. The summed E-state index contributed by atoms with van der Waals surface area (Å²) in [6, 6.07) is 0. The summed E-state index contributed by atoms with van der Waals surface area (Å²) in [4.78, 5) is 24.7. The number of fused-ring (bicyclic) bond motifs is 2. The van der Waals surface area contributed by atoms with Crippen molar-refractivity contribution in [2.75, 3.05) is 13.1 Å². The van der Waals surface area contributed by atoms with Gasteiger partial charge in [0.15, 0.2) is 0 Å². The van der Waals surface area contributed by atoms with E-state index in [0.29, 0.717) is 24.9 Å². The number of ether oxygens (including phenoxy) is 1. The Hall–Kier alpha value is -1.06. The lowest BCUT2D eigenvalue weighted by molar-refractivity contribution is -0.114. The molecule has 1 heterocycles. The number of amides is 1. The Bertz CT molecular complexity index is 307. The highest BCUT2D eigenvalue weighted by Gasteiger charge is 2.43. The van der Waals surface area contributed by atoms with Gasteiger partial charge in [-0.15, -0.1) is 0 Å². The summed E-state index contributed by atoms with van der Waals surface area (Å²) >= 11 is 0. The van der Waals surface area contributed by atoms with Crippen LogP contribution >= 0.6 is 0 Å². The van der Waals surface area contributed by atoms with Crippen molar-refractivity contribution in [1.29, 1.82) is 0 Å². The minimum absolute atomic E-state index is 0.161. The van der Waals surface area contributed by atoms with Crippen LogP contribution in [0.15, 0.2) is 0 Å². The number of hydrogen-bond donors (Lipinski definition) is 0. The fourth-order valence-corrected chi connectivity index (χ4v) is 2.96. The lowest BCUT2D eigenvalue weighted by Crippen LogP contribution is -2.47. The van der Waals surface area contributed by atoms with Gasteiger partial charge in [0, 0.05) is 19.0 Å². The van der Waals surface area contributed by atoms with Crippen molar-refractivity contribution >= 4 is 12.4 Å². The van der Waals surface area contributed by atoms with Crippen molar-refractivity contribution in [3.8, 4) is 0 Å². The van der Waals surface area contributed by atoms with E-state index in [4.69, 9.17) is 4.74 Å². The Labute approximate surface area is 102 Å². The van der Waals surface area contributed by atoms with Crippen LogP contribution < -0.4 is 0 Å². The molecule has 17 heavy (non-hydrogen) atoms. The molecule has 0 aromatic heterocycles. The number of hydrogen-bond acceptors (Lipinski definition) is 3. The van der Waals surface area contributed by atoms with E-state index in [1.165, 1.54) is 0 Å². The molecular formula is C13H21NO3. The van der Waals surface area contributed by atoms with Crippen LogP contribution in [0.25, 0.3) is 0 Å². The topological polar surface area (TPSA) is 46.6 Å². The summed E-state index contributed by atoms with van der Waals surface area (Å²) < 4.78 is 5.37. The minimum atomic E-state index is -0.447. The fourth-order valence-electron chi connectivity index (χ4n) is 2.96. The maximum absolute atomic E-state index is 11.9. The Morgan fingerprint density at radius 1 is 1.24 bits per heavy atom. The van der Waals surface area contributed by atoms with Gasteiger partial charge >= 0.3 is 6.09 Å². The summed E-state index contributed by atoms with van der Waals surface area (Å²) in [6.45, 7) is 6.97. The number of nitrogens with zero attached hydrogens (tertiary/aromatic N) is 1. The van der Waals surface area contributed by atoms with Crippen LogP contribution in [0.5, 0.6) is 0 Å². The van der Waals surface area contributed by atoms with Crippen LogP contribution in [0.3, 0.4) is 0 Å². The second kappa shape index (κ2) is 4.31. The van der Waals surface area contributed by atoms with Crippen LogP contribution in [0, 0.1) is 17.8 Å². The quantitative estimate of drug-likeness (QED) is 0.658. The highest BCUT2D eigenvalue weighted by molar-refractivity contribution is 5.69. The zero-order valence-corrected chi connectivity index (χ0v) is 10.8. The molecule has 4 heteroatoms. The van der Waals surface area contributed by atoms with Gasteiger partial charge in [-0.1, -0.05) is 0 Å². The molecule has 0 radical (unpaired) electrons. The summed E-state index contributed by atoms with van der Waals surface area (Å²) in [7, 11) is 0. The maximum atomic E-state index is 11.9. The van der Waals surface area contributed by atoms with E-state index in [9.17, 15) is 9.59 Å². The molecule has 96 valence electrons. The van der Waals surface area contributed by atoms with Gasteiger partial charge in [-0.3, -0.25) is 0 Å². The number of aldehydes is 1. The van der Waals surface area contributed by atoms with Crippen molar-refractivity contribution in [3.05, 3.63) is 0 Å². The number of likely N-dealkylation sites (tertiary alicyclic amines) is 1. The number of carbonyl (C=O) groups excluding carboxylic acids is 2. The molecule has 1 saturated carbocycles. The summed E-state index contributed by atoms with van der Waals surface area (Å²) in [5.41, 5.74) is -0.447. The predicted octanol–water partition coefficient (Wildman–Crippen LogP) is 2.08. The first kappa shape index (κ1) is 12.4. The van der Waals surface area contributed by atoms with Gasteiger partial charge in [-0.05, 0) is 45.4 Å². The summed E-state index contributed by atoms with van der Waals surface area (Å²) in [5.74, 6) is 0.853. The van der Waals surface area contributed by atoms with E-state index in [2.05, 4.69) is 0 Å². The SMILES string of the molecule is CC(C)(C)OC(=O)N1C[C@H]2CC[C@@H](C1)C2C=O. The third-order valence-corrected chi connectivity index (χ3v) is 3.72. The van der Waals surface area contributed by atoms with Gasteiger partial charge in [0.1, 0.15) is 11.9 Å². The molecule has 0 aromatic rings. The second-order valence-corrected chi connectivity index (χ2v) is 6.20. The van der Waals surface area contributed by atoms with Crippen molar-refractivity contribution in [3.63, 3.8) is 0 Å². The first-order valence-corrected chi connectivity index (χ1v) is 6.34. The molecule has 3 atom stereocenters. The van der Waals surface area contributed by atoms with E-state index < -0.39 is 5.60 Å². The zero-order valence-electron chi connectivity index (χ0n) is 10.8. The monoisotopic (exact) mass is 239 g/mol. The molecule has 4 nitrogen and oxygen atoms in total. The molecule has 0 spiro atoms. The van der Waals surface area contributed by atoms with Crippen molar-refractivity contribution < 1.29 is 14.3 Å². The highest BCUT2D eigenvalue weighted by atomic mass is 16.6. The largest absolute Gasteiger partial charge is 0.444 e. The van der Waals surface area contributed by atoms with Gasteiger partial charge < -0.3 is 14.4 Å². The molecule has 2 rings (SSSR count).